The normalized spacial score (nSPS) is 16.9. The minimum Gasteiger partial charge on any atom is -0.453 e. The lowest BCUT2D eigenvalue weighted by Gasteiger charge is -2.31. The van der Waals surface area contributed by atoms with E-state index in [-0.39, 0.29) is 11.8 Å². The number of aromatic nitrogens is 2. The molecule has 0 spiro atoms. The Labute approximate surface area is 214 Å². The molecule has 3 atom stereocenters. The van der Waals surface area contributed by atoms with Crippen LogP contribution in [0.3, 0.4) is 0 Å². The highest BCUT2D eigenvalue weighted by atomic mass is 16.5. The van der Waals surface area contributed by atoms with Gasteiger partial charge in [0.25, 0.3) is 5.89 Å². The zero-order valence-corrected chi connectivity index (χ0v) is 21.6. The summed E-state index contributed by atoms with van der Waals surface area (Å²) in [4.78, 5) is 65.3. The number of benzene rings is 1. The summed E-state index contributed by atoms with van der Waals surface area (Å²) in [5.41, 5.74) is 0.431. The molecule has 1 saturated heterocycles. The number of rotatable bonds is 9. The molecule has 0 saturated carbocycles. The van der Waals surface area contributed by atoms with E-state index in [9.17, 15) is 24.0 Å². The number of nitrogens with zero attached hydrogens (tertiary/aromatic N) is 3. The van der Waals surface area contributed by atoms with E-state index in [1.807, 2.05) is 0 Å². The van der Waals surface area contributed by atoms with Crippen molar-refractivity contribution < 1.29 is 28.3 Å². The van der Waals surface area contributed by atoms with Gasteiger partial charge in [0.05, 0.1) is 18.8 Å². The number of likely N-dealkylation sites (tertiary alicyclic amines) is 1. The molecule has 1 fully saturated rings. The molecule has 0 aliphatic carbocycles. The van der Waals surface area contributed by atoms with Gasteiger partial charge in [0.15, 0.2) is 0 Å². The van der Waals surface area contributed by atoms with Gasteiger partial charge in [0.2, 0.25) is 17.6 Å². The molecule has 2 heterocycles. The fourth-order valence-corrected chi connectivity index (χ4v) is 4.21. The van der Waals surface area contributed by atoms with Gasteiger partial charge in [-0.2, -0.15) is 4.68 Å². The van der Waals surface area contributed by atoms with Gasteiger partial charge in [-0.3, -0.25) is 14.4 Å². The third-order valence-electron chi connectivity index (χ3n) is 6.24. The number of ketones is 1. The fraction of sp³-hybridized carbons (Fsp3) is 0.520. The van der Waals surface area contributed by atoms with Crippen molar-refractivity contribution in [2.24, 2.45) is 11.8 Å². The van der Waals surface area contributed by atoms with Crippen molar-refractivity contribution in [2.75, 3.05) is 13.7 Å². The number of carbonyl (C=O) groups is 4. The average Bonchev–Trinajstić information content (AvgIpc) is 3.52. The summed E-state index contributed by atoms with van der Waals surface area (Å²) in [6.45, 7) is 7.36. The van der Waals surface area contributed by atoms with Gasteiger partial charge in [0.1, 0.15) is 12.1 Å². The molecule has 1 aliphatic heterocycles. The first kappa shape index (κ1) is 27.6. The lowest BCUT2D eigenvalue weighted by atomic mass is 9.98. The van der Waals surface area contributed by atoms with Crippen molar-refractivity contribution in [1.82, 2.24) is 25.3 Å². The molecule has 200 valence electrons. The van der Waals surface area contributed by atoms with Crippen molar-refractivity contribution in [1.29, 1.82) is 0 Å². The third kappa shape index (κ3) is 6.25. The summed E-state index contributed by atoms with van der Waals surface area (Å²) in [5.74, 6) is -3.43. The van der Waals surface area contributed by atoms with Crippen molar-refractivity contribution in [2.45, 2.75) is 58.7 Å². The molecular formula is C25H33N5O7. The monoisotopic (exact) mass is 515 g/mol. The molecule has 1 unspecified atom stereocenters. The maximum atomic E-state index is 13.3. The van der Waals surface area contributed by atoms with Gasteiger partial charge >= 0.3 is 11.8 Å². The highest BCUT2D eigenvalue weighted by Crippen LogP contribution is 2.21. The first-order valence-electron chi connectivity index (χ1n) is 12.2. The Kier molecular flexibility index (Phi) is 8.85. The molecule has 37 heavy (non-hydrogen) atoms. The molecule has 2 aromatic rings. The molecule has 1 aliphatic rings. The molecule has 1 aromatic carbocycles. The second-order valence-corrected chi connectivity index (χ2v) is 9.56. The zero-order chi connectivity index (χ0) is 27.3. The van der Waals surface area contributed by atoms with E-state index in [2.05, 4.69) is 20.5 Å². The Morgan fingerprint density at radius 1 is 1.03 bits per heavy atom. The van der Waals surface area contributed by atoms with Gasteiger partial charge in [-0.1, -0.05) is 45.9 Å². The van der Waals surface area contributed by atoms with Crippen molar-refractivity contribution >= 4 is 23.7 Å². The number of nitrogens with one attached hydrogen (secondary N) is 2. The van der Waals surface area contributed by atoms with Crippen LogP contribution < -0.4 is 16.4 Å². The number of alkyl carbamates (subject to hydrolysis) is 1. The largest absolute Gasteiger partial charge is 0.453 e. The van der Waals surface area contributed by atoms with Crippen LogP contribution in [0.2, 0.25) is 0 Å². The van der Waals surface area contributed by atoms with Crippen LogP contribution in [0.25, 0.3) is 5.69 Å². The Hall–Kier alpha value is -3.96. The van der Waals surface area contributed by atoms with Crippen LogP contribution >= 0.6 is 0 Å². The maximum Gasteiger partial charge on any atom is 0.442 e. The van der Waals surface area contributed by atoms with E-state index in [1.54, 1.807) is 58.0 Å². The number of hydrogen-bond donors (Lipinski definition) is 2. The first-order chi connectivity index (χ1) is 17.5. The van der Waals surface area contributed by atoms with E-state index < -0.39 is 53.5 Å². The summed E-state index contributed by atoms with van der Waals surface area (Å²) >= 11 is 0. The summed E-state index contributed by atoms with van der Waals surface area (Å²) in [5, 5.41) is 9.29. The number of ether oxygens (including phenoxy) is 1. The molecular weight excluding hydrogens is 482 g/mol. The number of para-hydroxylation sites is 1. The molecule has 12 nitrogen and oxygen atoms in total. The van der Waals surface area contributed by atoms with Crippen LogP contribution in [-0.2, 0) is 14.3 Å². The van der Waals surface area contributed by atoms with Crippen LogP contribution in [0.5, 0.6) is 0 Å². The lowest BCUT2D eigenvalue weighted by molar-refractivity contribution is -0.141. The number of carbonyl (C=O) groups excluding carboxylic acids is 4. The Morgan fingerprint density at radius 3 is 2.27 bits per heavy atom. The maximum absolute atomic E-state index is 13.3. The van der Waals surface area contributed by atoms with Crippen LogP contribution in [0.15, 0.2) is 39.5 Å². The highest BCUT2D eigenvalue weighted by Gasteiger charge is 2.40. The van der Waals surface area contributed by atoms with Gasteiger partial charge in [-0.05, 0) is 36.8 Å². The summed E-state index contributed by atoms with van der Waals surface area (Å²) in [6, 6.07) is 5.76. The smallest absolute Gasteiger partial charge is 0.442 e. The highest BCUT2D eigenvalue weighted by molar-refractivity contribution is 6.00. The van der Waals surface area contributed by atoms with E-state index in [4.69, 9.17) is 4.42 Å². The quantitative estimate of drug-likeness (QED) is 0.477. The van der Waals surface area contributed by atoms with Gasteiger partial charge in [-0.25, -0.2) is 9.59 Å². The standard InChI is InChI=1S/C25H33N5O7/c1-14(2)18(20(31)22-28-30(25(35)37-22)16-10-7-6-8-11-16)26-21(32)17-12-9-13-29(17)23(33)19(15(3)4)27-24(34)36-5/h6-8,10-11,14-15,17-19H,9,12-13H2,1-5H3,(H,26,32)(H,27,34)/t17-,18?,19-/m0/s1. The Balaban J connectivity index is 1.78. The minimum atomic E-state index is -1.04. The average molecular weight is 516 g/mol. The van der Waals surface area contributed by atoms with Gasteiger partial charge in [-0.15, -0.1) is 5.10 Å². The van der Waals surface area contributed by atoms with Crippen LogP contribution in [0.4, 0.5) is 4.79 Å². The molecule has 2 N–H and O–H groups in total. The minimum absolute atomic E-state index is 0.247. The molecule has 1 aromatic heterocycles. The number of hydrogen-bond acceptors (Lipinski definition) is 8. The van der Waals surface area contributed by atoms with Gasteiger partial charge < -0.3 is 24.7 Å². The number of methoxy groups -OCH3 is 1. The Bertz CT molecular complexity index is 1190. The van der Waals surface area contributed by atoms with Crippen molar-refractivity contribution in [3.8, 4) is 5.69 Å². The molecule has 3 amide bonds. The first-order valence-corrected chi connectivity index (χ1v) is 12.2. The predicted molar refractivity (Wildman–Crippen MR) is 132 cm³/mol. The molecule has 0 radical (unpaired) electrons. The second-order valence-electron chi connectivity index (χ2n) is 9.56. The lowest BCUT2D eigenvalue weighted by Crippen LogP contribution is -2.57. The molecule has 3 rings (SSSR count). The van der Waals surface area contributed by atoms with E-state index >= 15 is 0 Å². The zero-order valence-electron chi connectivity index (χ0n) is 21.6. The number of amides is 3. The van der Waals surface area contributed by atoms with Crippen molar-refractivity contribution in [3.63, 3.8) is 0 Å². The van der Waals surface area contributed by atoms with Gasteiger partial charge in [0, 0.05) is 6.54 Å². The molecule has 0 bridgehead atoms. The van der Waals surface area contributed by atoms with Crippen LogP contribution in [-0.4, -0.2) is 70.2 Å². The SMILES string of the molecule is COC(=O)N[C@H](C(=O)N1CCC[C@H]1C(=O)NC(C(=O)c1nn(-c2ccccc2)c(=O)o1)C(C)C)C(C)C. The van der Waals surface area contributed by atoms with Crippen LogP contribution in [0, 0.1) is 11.8 Å². The Morgan fingerprint density at radius 2 is 1.68 bits per heavy atom. The van der Waals surface area contributed by atoms with E-state index in [0.29, 0.717) is 25.1 Å². The fourth-order valence-electron chi connectivity index (χ4n) is 4.21. The third-order valence-corrected chi connectivity index (χ3v) is 6.24. The molecule has 12 heteroatoms. The summed E-state index contributed by atoms with van der Waals surface area (Å²) in [7, 11) is 1.21. The second kappa shape index (κ2) is 11.8. The predicted octanol–water partition coefficient (Wildman–Crippen LogP) is 1.52. The van der Waals surface area contributed by atoms with Crippen molar-refractivity contribution in [3.05, 3.63) is 46.8 Å². The summed E-state index contributed by atoms with van der Waals surface area (Å²) in [6.07, 6.45) is 0.245. The topological polar surface area (TPSA) is 153 Å². The number of Topliss-reactive ketones (excluding diaryl/α,β-unsaturated/α-hetero) is 1. The van der Waals surface area contributed by atoms with E-state index in [1.165, 1.54) is 12.0 Å². The summed E-state index contributed by atoms with van der Waals surface area (Å²) < 4.78 is 10.7. The van der Waals surface area contributed by atoms with E-state index in [0.717, 1.165) is 4.68 Å². The van der Waals surface area contributed by atoms with Crippen LogP contribution in [0.1, 0.15) is 51.2 Å².